The average molecular weight is 315 g/mol. The van der Waals surface area contributed by atoms with Gasteiger partial charge in [-0.2, -0.15) is 0 Å². The van der Waals surface area contributed by atoms with Gasteiger partial charge in [-0.1, -0.05) is 0 Å². The maximum atomic E-state index is 13.5. The van der Waals surface area contributed by atoms with Crippen LogP contribution in [0.2, 0.25) is 0 Å². The van der Waals surface area contributed by atoms with Gasteiger partial charge in [-0.25, -0.2) is 17.2 Å². The van der Waals surface area contributed by atoms with Gasteiger partial charge in [0, 0.05) is 10.6 Å². The summed E-state index contributed by atoms with van der Waals surface area (Å²) in [7, 11) is -4.16. The molecule has 0 atom stereocenters. The van der Waals surface area contributed by atoms with Crippen LogP contribution in [0.15, 0.2) is 52.3 Å². The van der Waals surface area contributed by atoms with Crippen molar-refractivity contribution in [1.82, 2.24) is 0 Å². The van der Waals surface area contributed by atoms with Gasteiger partial charge in [0.2, 0.25) is 0 Å². The number of rotatable bonds is 4. The summed E-state index contributed by atoms with van der Waals surface area (Å²) in [5, 5.41) is 0. The highest BCUT2D eigenvalue weighted by Crippen LogP contribution is 2.22. The smallest absolute Gasteiger partial charge is 0.264 e. The van der Waals surface area contributed by atoms with Crippen molar-refractivity contribution in [2.45, 2.75) is 9.79 Å². The quantitative estimate of drug-likeness (QED) is 0.879. The molecule has 0 aromatic heterocycles. The van der Waals surface area contributed by atoms with E-state index in [4.69, 9.17) is 0 Å². The predicted molar refractivity (Wildman–Crippen MR) is 75.4 cm³/mol. The minimum atomic E-state index is -4.16. The minimum Gasteiger partial charge on any atom is -0.280 e. The van der Waals surface area contributed by atoms with Crippen LogP contribution in [-0.4, -0.2) is 14.7 Å². The van der Waals surface area contributed by atoms with Gasteiger partial charge in [0.05, 0.1) is 0 Å². The van der Waals surface area contributed by atoms with Crippen LogP contribution < -0.4 is 4.72 Å². The van der Waals surface area contributed by atoms with Crippen LogP contribution in [0.1, 0.15) is 0 Å². The molecule has 0 aliphatic carbocycles. The summed E-state index contributed by atoms with van der Waals surface area (Å²) in [6, 6.07) is 8.85. The first kappa shape index (κ1) is 14.8. The van der Waals surface area contributed by atoms with Crippen molar-refractivity contribution in [3.05, 3.63) is 54.1 Å². The highest BCUT2D eigenvalue weighted by atomic mass is 32.2. The van der Waals surface area contributed by atoms with E-state index in [9.17, 15) is 17.2 Å². The van der Waals surface area contributed by atoms with Crippen LogP contribution in [0.3, 0.4) is 0 Å². The van der Waals surface area contributed by atoms with Crippen molar-refractivity contribution in [2.24, 2.45) is 0 Å². The van der Waals surface area contributed by atoms with Gasteiger partial charge in [-0.05, 0) is 48.7 Å². The second-order valence-corrected chi connectivity index (χ2v) is 6.44. The molecule has 2 rings (SSSR count). The van der Waals surface area contributed by atoms with Crippen molar-refractivity contribution in [2.75, 3.05) is 11.0 Å². The third-order valence-corrected chi connectivity index (χ3v) is 4.66. The second kappa shape index (κ2) is 5.80. The lowest BCUT2D eigenvalue weighted by Gasteiger charge is -2.09. The van der Waals surface area contributed by atoms with Gasteiger partial charge in [-0.3, -0.25) is 4.72 Å². The zero-order valence-corrected chi connectivity index (χ0v) is 12.1. The first-order valence-corrected chi connectivity index (χ1v) is 8.25. The number of thioether (sulfide) groups is 1. The van der Waals surface area contributed by atoms with Crippen LogP contribution in [-0.2, 0) is 10.0 Å². The van der Waals surface area contributed by atoms with E-state index in [0.717, 1.165) is 17.0 Å². The Morgan fingerprint density at radius 2 is 1.70 bits per heavy atom. The Balaban J connectivity index is 2.32. The molecule has 0 fully saturated rings. The summed E-state index contributed by atoms with van der Waals surface area (Å²) < 4.78 is 52.8. The van der Waals surface area contributed by atoms with Crippen molar-refractivity contribution >= 4 is 27.5 Å². The lowest BCUT2D eigenvalue weighted by Crippen LogP contribution is -2.14. The summed E-state index contributed by atoms with van der Waals surface area (Å²) in [5.74, 6) is -1.82. The van der Waals surface area contributed by atoms with Crippen molar-refractivity contribution < 1.29 is 17.2 Å². The fraction of sp³-hybridized carbons (Fsp3) is 0.0769. The second-order valence-electron chi connectivity index (χ2n) is 3.91. The van der Waals surface area contributed by atoms with E-state index >= 15 is 0 Å². The maximum Gasteiger partial charge on any atom is 0.264 e. The fourth-order valence-corrected chi connectivity index (χ4v) is 3.11. The minimum absolute atomic E-state index is 0.284. The summed E-state index contributed by atoms with van der Waals surface area (Å²) in [5.41, 5.74) is 0.284. The van der Waals surface area contributed by atoms with Crippen LogP contribution in [0.5, 0.6) is 0 Å². The summed E-state index contributed by atoms with van der Waals surface area (Å²) >= 11 is 1.51. The Labute approximate surface area is 120 Å². The maximum absolute atomic E-state index is 13.5. The number of benzene rings is 2. The van der Waals surface area contributed by atoms with Gasteiger partial charge in [0.25, 0.3) is 10.0 Å². The molecule has 2 aromatic carbocycles. The molecule has 0 heterocycles. The van der Waals surface area contributed by atoms with E-state index in [1.165, 1.54) is 11.8 Å². The summed E-state index contributed by atoms with van der Waals surface area (Å²) in [4.78, 5) is 0.247. The molecule has 1 N–H and O–H groups in total. The Morgan fingerprint density at radius 3 is 2.30 bits per heavy atom. The molecule has 7 heteroatoms. The van der Waals surface area contributed by atoms with Gasteiger partial charge < -0.3 is 0 Å². The molecule has 2 aromatic rings. The predicted octanol–water partition coefficient (Wildman–Crippen LogP) is 3.49. The molecule has 0 aliphatic heterocycles. The monoisotopic (exact) mass is 315 g/mol. The summed E-state index contributed by atoms with van der Waals surface area (Å²) in [6.07, 6.45) is 1.89. The lowest BCUT2D eigenvalue weighted by atomic mass is 10.3. The molecule has 0 bridgehead atoms. The highest BCUT2D eigenvalue weighted by Gasteiger charge is 2.20. The van der Waals surface area contributed by atoms with Gasteiger partial charge >= 0.3 is 0 Å². The lowest BCUT2D eigenvalue weighted by molar-refractivity contribution is 0.555. The molecule has 0 aliphatic rings. The molecule has 0 radical (unpaired) electrons. The van der Waals surface area contributed by atoms with Crippen LogP contribution in [0.25, 0.3) is 0 Å². The Morgan fingerprint density at radius 1 is 1.05 bits per heavy atom. The van der Waals surface area contributed by atoms with E-state index < -0.39 is 26.6 Å². The molecule has 106 valence electrons. The topological polar surface area (TPSA) is 46.2 Å². The standard InChI is InChI=1S/C13H11F2NO2S2/c1-19-11-5-3-10(4-6-11)16-20(17,18)13-8-9(14)2-7-12(13)15/h2-8,16H,1H3. The number of nitrogens with one attached hydrogen (secondary N) is 1. The number of sulfonamides is 1. The van der Waals surface area contributed by atoms with E-state index in [1.54, 1.807) is 24.3 Å². The fourth-order valence-electron chi connectivity index (χ4n) is 1.55. The highest BCUT2D eigenvalue weighted by molar-refractivity contribution is 7.98. The average Bonchev–Trinajstić information content (AvgIpc) is 2.42. The number of halogens is 2. The normalized spacial score (nSPS) is 11.3. The number of hydrogen-bond donors (Lipinski definition) is 1. The van der Waals surface area contributed by atoms with Crippen LogP contribution in [0, 0.1) is 11.6 Å². The van der Waals surface area contributed by atoms with Crippen LogP contribution in [0.4, 0.5) is 14.5 Å². The molecule has 20 heavy (non-hydrogen) atoms. The van der Waals surface area contributed by atoms with Gasteiger partial charge in [0.1, 0.15) is 16.5 Å². The van der Waals surface area contributed by atoms with E-state index in [-0.39, 0.29) is 5.69 Å². The van der Waals surface area contributed by atoms with Crippen molar-refractivity contribution in [3.8, 4) is 0 Å². The molecule has 0 spiro atoms. The molecule has 0 amide bonds. The van der Waals surface area contributed by atoms with Gasteiger partial charge in [-0.15, -0.1) is 11.8 Å². The summed E-state index contributed by atoms with van der Waals surface area (Å²) in [6.45, 7) is 0. The zero-order valence-electron chi connectivity index (χ0n) is 10.4. The van der Waals surface area contributed by atoms with E-state index in [0.29, 0.717) is 6.07 Å². The molecule has 0 saturated carbocycles. The van der Waals surface area contributed by atoms with E-state index in [1.807, 2.05) is 6.26 Å². The van der Waals surface area contributed by atoms with Gasteiger partial charge in [0.15, 0.2) is 0 Å². The zero-order chi connectivity index (χ0) is 14.8. The molecular weight excluding hydrogens is 304 g/mol. The third-order valence-electron chi connectivity index (χ3n) is 2.53. The van der Waals surface area contributed by atoms with Crippen molar-refractivity contribution in [1.29, 1.82) is 0 Å². The molecule has 0 saturated heterocycles. The third kappa shape index (κ3) is 3.29. The molecule has 3 nitrogen and oxygen atoms in total. The first-order chi connectivity index (χ1) is 9.42. The van der Waals surface area contributed by atoms with Crippen molar-refractivity contribution in [3.63, 3.8) is 0 Å². The first-order valence-electron chi connectivity index (χ1n) is 5.54. The SMILES string of the molecule is CSc1ccc(NS(=O)(=O)c2cc(F)ccc2F)cc1. The van der Waals surface area contributed by atoms with E-state index in [2.05, 4.69) is 4.72 Å². The number of hydrogen-bond acceptors (Lipinski definition) is 3. The van der Waals surface area contributed by atoms with Crippen LogP contribution >= 0.6 is 11.8 Å². The number of anilines is 1. The largest absolute Gasteiger partial charge is 0.280 e. The Kier molecular flexibility index (Phi) is 4.29. The Hall–Kier alpha value is -1.60. The molecule has 0 unspecified atom stereocenters. The Bertz CT molecular complexity index is 716. The molecular formula is C13H11F2NO2S2.